The van der Waals surface area contributed by atoms with Crippen LogP contribution >= 0.6 is 11.3 Å². The molecule has 0 saturated carbocycles. The van der Waals surface area contributed by atoms with Crippen molar-refractivity contribution in [3.05, 3.63) is 51.7 Å². The lowest BCUT2D eigenvalue weighted by molar-refractivity contribution is -0.137. The summed E-state index contributed by atoms with van der Waals surface area (Å²) in [5.74, 6) is -0.730. The number of rotatable bonds is 7. The maximum atomic E-state index is 12.5. The molecule has 6 heteroatoms. The fourth-order valence-electron chi connectivity index (χ4n) is 3.87. The van der Waals surface area contributed by atoms with E-state index >= 15 is 0 Å². The summed E-state index contributed by atoms with van der Waals surface area (Å²) >= 11 is 1.54. The molecule has 0 saturated heterocycles. The lowest BCUT2D eigenvalue weighted by atomic mass is 9.98. The number of carboxylic acids is 1. The molecule has 1 aliphatic rings. The van der Waals surface area contributed by atoms with Gasteiger partial charge in [0.2, 0.25) is 0 Å². The Morgan fingerprint density at radius 3 is 2.89 bits per heavy atom. The second-order valence-electron chi connectivity index (χ2n) is 7.24. The molecule has 1 aliphatic heterocycles. The van der Waals surface area contributed by atoms with Crippen molar-refractivity contribution < 1.29 is 14.3 Å². The third-order valence-corrected chi connectivity index (χ3v) is 6.16. The van der Waals surface area contributed by atoms with Crippen molar-refractivity contribution in [3.63, 3.8) is 0 Å². The number of benzene rings is 1. The third kappa shape index (κ3) is 3.97. The average Bonchev–Trinajstić information content (AvgIpc) is 3.20. The number of hydrogen-bond acceptors (Lipinski definition) is 5. The van der Waals surface area contributed by atoms with E-state index in [1.807, 2.05) is 29.6 Å². The van der Waals surface area contributed by atoms with Crippen LogP contribution in [0.5, 0.6) is 0 Å². The highest BCUT2D eigenvalue weighted by Gasteiger charge is 2.19. The van der Waals surface area contributed by atoms with E-state index in [1.165, 1.54) is 16.9 Å². The zero-order valence-corrected chi connectivity index (χ0v) is 16.5. The monoisotopic (exact) mass is 397 g/mol. The minimum absolute atomic E-state index is 0.235. The number of hydrogen-bond donors (Lipinski definition) is 1. The predicted octanol–water partition coefficient (Wildman–Crippen LogP) is 4.92. The van der Waals surface area contributed by atoms with Gasteiger partial charge in [-0.05, 0) is 54.8 Å². The van der Waals surface area contributed by atoms with Crippen molar-refractivity contribution in [2.45, 2.75) is 38.5 Å². The number of nitrogens with zero attached hydrogens (tertiary/aromatic N) is 1. The summed E-state index contributed by atoms with van der Waals surface area (Å²) in [6.45, 7) is 1.88. The van der Waals surface area contributed by atoms with Crippen LogP contribution < -0.4 is 10.5 Å². The molecule has 5 nitrogen and oxygen atoms in total. The van der Waals surface area contributed by atoms with Crippen LogP contribution in [0.4, 0.5) is 5.69 Å². The molecular weight excluding hydrogens is 374 g/mol. The van der Waals surface area contributed by atoms with Crippen molar-refractivity contribution in [3.8, 4) is 10.4 Å². The molecule has 0 unspecified atom stereocenters. The molecule has 0 spiro atoms. The number of unbranched alkanes of at least 4 members (excludes halogenated alkanes) is 2. The summed E-state index contributed by atoms with van der Waals surface area (Å²) in [6, 6.07) is 9.97. The molecule has 0 radical (unpaired) electrons. The van der Waals surface area contributed by atoms with Crippen molar-refractivity contribution in [1.82, 2.24) is 0 Å². The van der Waals surface area contributed by atoms with Gasteiger partial charge >= 0.3 is 11.6 Å². The fourth-order valence-corrected chi connectivity index (χ4v) is 4.60. The molecule has 4 rings (SSSR count). The number of aliphatic carboxylic acids is 1. The number of anilines is 1. The van der Waals surface area contributed by atoms with Gasteiger partial charge in [0.15, 0.2) is 0 Å². The van der Waals surface area contributed by atoms with Crippen molar-refractivity contribution >= 4 is 34.0 Å². The summed E-state index contributed by atoms with van der Waals surface area (Å²) in [4.78, 5) is 26.4. The van der Waals surface area contributed by atoms with Crippen molar-refractivity contribution in [2.24, 2.45) is 0 Å². The van der Waals surface area contributed by atoms with E-state index in [-0.39, 0.29) is 12.0 Å². The normalized spacial score (nSPS) is 13.6. The number of carboxylic acid groups (broad SMARTS) is 1. The van der Waals surface area contributed by atoms with Gasteiger partial charge in [0.1, 0.15) is 5.58 Å². The smallest absolute Gasteiger partial charge is 0.345 e. The number of fused-ring (bicyclic) bond motifs is 2. The van der Waals surface area contributed by atoms with Crippen LogP contribution in [0.2, 0.25) is 0 Å². The minimum atomic E-state index is -0.730. The van der Waals surface area contributed by atoms with Crippen LogP contribution in [-0.2, 0) is 11.2 Å². The van der Waals surface area contributed by atoms with Crippen LogP contribution in [0.25, 0.3) is 21.4 Å². The number of aryl methyl sites for hydroxylation is 1. The summed E-state index contributed by atoms with van der Waals surface area (Å²) in [6.07, 6.45) is 4.94. The Balaban J connectivity index is 1.58. The first-order valence-electron chi connectivity index (χ1n) is 9.73. The molecule has 0 aliphatic carbocycles. The Bertz CT molecular complexity index is 1040. The van der Waals surface area contributed by atoms with E-state index in [2.05, 4.69) is 11.0 Å². The maximum Gasteiger partial charge on any atom is 0.345 e. The molecule has 0 fully saturated rings. The minimum Gasteiger partial charge on any atom is -0.481 e. The Hall–Kier alpha value is -2.60. The summed E-state index contributed by atoms with van der Waals surface area (Å²) in [5, 5.41) is 11.7. The SMILES string of the molecule is O=C(O)CCCCCN1CCCc2cc3cc(-c4cccs4)c(=O)oc3cc21. The van der Waals surface area contributed by atoms with Crippen LogP contribution in [0.15, 0.2) is 44.9 Å². The Labute approximate surface area is 167 Å². The van der Waals surface area contributed by atoms with Gasteiger partial charge in [-0.1, -0.05) is 12.5 Å². The molecule has 1 aromatic carbocycles. The zero-order chi connectivity index (χ0) is 19.5. The maximum absolute atomic E-state index is 12.5. The molecule has 2 aromatic heterocycles. The Morgan fingerprint density at radius 2 is 2.11 bits per heavy atom. The van der Waals surface area contributed by atoms with Gasteiger partial charge in [0, 0.05) is 41.5 Å². The topological polar surface area (TPSA) is 70.8 Å². The quantitative estimate of drug-likeness (QED) is 0.453. The summed E-state index contributed by atoms with van der Waals surface area (Å²) in [5.41, 5.74) is 3.38. The van der Waals surface area contributed by atoms with E-state index in [9.17, 15) is 9.59 Å². The van der Waals surface area contributed by atoms with Gasteiger partial charge in [-0.2, -0.15) is 0 Å². The van der Waals surface area contributed by atoms with Crippen molar-refractivity contribution in [2.75, 3.05) is 18.0 Å². The van der Waals surface area contributed by atoms with Crippen LogP contribution in [-0.4, -0.2) is 24.2 Å². The van der Waals surface area contributed by atoms with E-state index in [1.54, 1.807) is 0 Å². The first-order chi connectivity index (χ1) is 13.6. The molecule has 0 amide bonds. The molecule has 1 N–H and O–H groups in total. The van der Waals surface area contributed by atoms with Gasteiger partial charge in [0.25, 0.3) is 0 Å². The fraction of sp³-hybridized carbons (Fsp3) is 0.364. The molecule has 0 bridgehead atoms. The lowest BCUT2D eigenvalue weighted by Crippen LogP contribution is -2.30. The highest BCUT2D eigenvalue weighted by atomic mass is 32.1. The van der Waals surface area contributed by atoms with Crippen molar-refractivity contribution in [1.29, 1.82) is 0 Å². The first-order valence-corrected chi connectivity index (χ1v) is 10.6. The molecular formula is C22H23NO4S. The van der Waals surface area contributed by atoms with E-state index in [4.69, 9.17) is 9.52 Å². The number of thiophene rings is 1. The van der Waals surface area contributed by atoms with Gasteiger partial charge in [-0.25, -0.2) is 4.79 Å². The van der Waals surface area contributed by atoms with Gasteiger partial charge in [-0.15, -0.1) is 11.3 Å². The van der Waals surface area contributed by atoms with E-state index in [0.29, 0.717) is 17.6 Å². The average molecular weight is 397 g/mol. The molecule has 3 heterocycles. The van der Waals surface area contributed by atoms with Gasteiger partial charge in [0.05, 0.1) is 5.56 Å². The van der Waals surface area contributed by atoms with Crippen LogP contribution in [0.1, 0.15) is 37.7 Å². The van der Waals surface area contributed by atoms with E-state index < -0.39 is 5.97 Å². The molecule has 0 atom stereocenters. The first kappa shape index (κ1) is 18.7. The predicted molar refractivity (Wildman–Crippen MR) is 112 cm³/mol. The summed E-state index contributed by atoms with van der Waals surface area (Å²) < 4.78 is 5.66. The highest BCUT2D eigenvalue weighted by molar-refractivity contribution is 7.13. The van der Waals surface area contributed by atoms with Gasteiger partial charge in [-0.3, -0.25) is 4.79 Å². The summed E-state index contributed by atoms with van der Waals surface area (Å²) in [7, 11) is 0. The van der Waals surface area contributed by atoms with Crippen LogP contribution in [0.3, 0.4) is 0 Å². The standard InChI is InChI=1S/C22H23NO4S/c24-21(25)8-2-1-3-9-23-10-4-6-15-12-16-13-17(20-7-5-11-28-20)22(26)27-19(16)14-18(15)23/h5,7,11-14H,1-4,6,8-10H2,(H,24,25). The molecule has 3 aromatic rings. The molecule has 146 valence electrons. The number of carbonyl (C=O) groups is 1. The second kappa shape index (κ2) is 8.19. The van der Waals surface area contributed by atoms with Gasteiger partial charge < -0.3 is 14.4 Å². The Morgan fingerprint density at radius 1 is 1.21 bits per heavy atom. The second-order valence-corrected chi connectivity index (χ2v) is 8.19. The van der Waals surface area contributed by atoms with Crippen LogP contribution in [0, 0.1) is 0 Å². The molecule has 28 heavy (non-hydrogen) atoms. The zero-order valence-electron chi connectivity index (χ0n) is 15.6. The van der Waals surface area contributed by atoms with E-state index in [0.717, 1.165) is 54.7 Å². The largest absolute Gasteiger partial charge is 0.481 e. The third-order valence-electron chi connectivity index (χ3n) is 5.25. The highest BCUT2D eigenvalue weighted by Crippen LogP contribution is 2.33. The Kier molecular flexibility index (Phi) is 5.48. The lowest BCUT2D eigenvalue weighted by Gasteiger charge is -2.31.